The molecule has 0 spiro atoms. The van der Waals surface area contributed by atoms with Gasteiger partial charge in [-0.05, 0) is 79.5 Å². The van der Waals surface area contributed by atoms with Crippen molar-refractivity contribution in [2.75, 3.05) is 19.7 Å². The van der Waals surface area contributed by atoms with Crippen molar-refractivity contribution in [3.8, 4) is 23.5 Å². The second-order valence-electron chi connectivity index (χ2n) is 13.9. The van der Waals surface area contributed by atoms with E-state index in [1.165, 1.54) is 13.8 Å². The molecule has 52 heavy (non-hydrogen) atoms. The summed E-state index contributed by atoms with van der Waals surface area (Å²) in [5.74, 6) is -3.86. The molecule has 3 heterocycles. The lowest BCUT2D eigenvalue weighted by atomic mass is 9.88. The van der Waals surface area contributed by atoms with Crippen molar-refractivity contribution in [1.82, 2.24) is 14.8 Å². The number of rotatable bonds is 12. The van der Waals surface area contributed by atoms with Crippen molar-refractivity contribution in [2.24, 2.45) is 5.92 Å². The summed E-state index contributed by atoms with van der Waals surface area (Å²) in [7, 11) is 0. The van der Waals surface area contributed by atoms with E-state index in [9.17, 15) is 37.1 Å². The van der Waals surface area contributed by atoms with Crippen LogP contribution in [0, 0.1) is 49.6 Å². The number of hydrogen-bond acceptors (Lipinski definition) is 5. The highest BCUT2D eigenvalue weighted by molar-refractivity contribution is 5.83. The maximum atomic E-state index is 16.6. The summed E-state index contributed by atoms with van der Waals surface area (Å²) in [6.45, 7) is 7.66. The number of aryl methyl sites for hydroxylation is 2. The number of halogens is 6. The van der Waals surface area contributed by atoms with Crippen molar-refractivity contribution in [1.29, 1.82) is 0 Å². The lowest BCUT2D eigenvalue weighted by Gasteiger charge is -2.28. The Hall–Kier alpha value is -4.61. The van der Waals surface area contributed by atoms with Crippen LogP contribution in [0.25, 0.3) is 11.1 Å². The summed E-state index contributed by atoms with van der Waals surface area (Å²) in [4.78, 5) is 41.5. The molecule has 0 aliphatic carbocycles. The van der Waals surface area contributed by atoms with Gasteiger partial charge in [-0.15, -0.1) is 6.42 Å². The molecule has 4 atom stereocenters. The Morgan fingerprint density at radius 3 is 2.31 bits per heavy atom. The van der Waals surface area contributed by atoms with Crippen LogP contribution in [0.3, 0.4) is 0 Å². The summed E-state index contributed by atoms with van der Waals surface area (Å²) >= 11 is 0. The lowest BCUT2D eigenvalue weighted by molar-refractivity contribution is -0.139. The summed E-state index contributed by atoms with van der Waals surface area (Å²) in [6.07, 6.45) is 1.30. The summed E-state index contributed by atoms with van der Waals surface area (Å²) in [5.41, 5.74) is -3.25. The van der Waals surface area contributed by atoms with Gasteiger partial charge in [0.25, 0.3) is 5.56 Å². The minimum atomic E-state index is -4.87. The van der Waals surface area contributed by atoms with Crippen LogP contribution in [-0.4, -0.2) is 58.3 Å². The van der Waals surface area contributed by atoms with E-state index in [-0.39, 0.29) is 70.8 Å². The second-order valence-corrected chi connectivity index (χ2v) is 13.9. The molecular weight excluding hydrogens is 692 g/mol. The third kappa shape index (κ3) is 8.05. The lowest BCUT2D eigenvalue weighted by Crippen LogP contribution is -2.41. The van der Waals surface area contributed by atoms with Gasteiger partial charge in [0.15, 0.2) is 0 Å². The predicted octanol–water partition coefficient (Wildman–Crippen LogP) is 6.48. The number of aliphatic carboxylic acids is 1. The normalized spacial score (nSPS) is 18.4. The van der Waals surface area contributed by atoms with Crippen molar-refractivity contribution in [3.63, 3.8) is 0 Å². The molecule has 2 fully saturated rings. The van der Waals surface area contributed by atoms with Crippen LogP contribution in [0.2, 0.25) is 0 Å². The first kappa shape index (κ1) is 38.6. The van der Waals surface area contributed by atoms with Crippen LogP contribution in [0.5, 0.6) is 0 Å². The minimum absolute atomic E-state index is 0.0103. The van der Waals surface area contributed by atoms with Crippen LogP contribution >= 0.6 is 0 Å². The number of carbonyl (C=O) groups is 2. The Kier molecular flexibility index (Phi) is 11.3. The number of morpholine rings is 1. The van der Waals surface area contributed by atoms with Crippen molar-refractivity contribution >= 4 is 11.9 Å². The zero-order chi connectivity index (χ0) is 38.2. The van der Waals surface area contributed by atoms with Crippen LogP contribution in [0.4, 0.5) is 26.3 Å². The number of hydrogen-bond donors (Lipinski definition) is 2. The van der Waals surface area contributed by atoms with Gasteiger partial charge in [0.1, 0.15) is 23.5 Å². The maximum Gasteiger partial charge on any atom is 0.416 e. The average Bonchev–Trinajstić information content (AvgIpc) is 3.66. The molecule has 2 aliphatic rings. The topological polar surface area (TPSA) is 101 Å². The molecule has 278 valence electrons. The SMILES string of the molecule is C#Cc1cc(F)c([C@@H](CC(=O)O)NC(=O)[C@@H](CC(C)C)n2cc(CCN3C[C@@H]4C[C@H]3CO4)c(C(F)(F)F)cc2=O)c(F)c1-c1c(C)cc(F)cc1C. The first-order valence-corrected chi connectivity index (χ1v) is 16.8. The van der Waals surface area contributed by atoms with Crippen LogP contribution in [-0.2, 0) is 26.9 Å². The molecule has 0 radical (unpaired) electrons. The largest absolute Gasteiger partial charge is 0.481 e. The smallest absolute Gasteiger partial charge is 0.416 e. The molecule has 2 aromatic carbocycles. The van der Waals surface area contributed by atoms with Gasteiger partial charge in [-0.1, -0.05) is 19.8 Å². The molecule has 1 amide bonds. The predicted molar refractivity (Wildman–Crippen MR) is 180 cm³/mol. The van der Waals surface area contributed by atoms with E-state index in [1.807, 2.05) is 4.90 Å². The van der Waals surface area contributed by atoms with Crippen molar-refractivity contribution in [3.05, 3.63) is 91.6 Å². The maximum absolute atomic E-state index is 16.6. The molecule has 2 N–H and O–H groups in total. The molecule has 2 aliphatic heterocycles. The van der Waals surface area contributed by atoms with E-state index in [4.69, 9.17) is 11.2 Å². The molecule has 5 rings (SSSR count). The number of nitrogens with zero attached hydrogens (tertiary/aromatic N) is 2. The summed E-state index contributed by atoms with van der Waals surface area (Å²) in [5, 5.41) is 12.2. The Balaban J connectivity index is 1.57. The van der Waals surface area contributed by atoms with Gasteiger partial charge < -0.3 is 19.7 Å². The van der Waals surface area contributed by atoms with E-state index in [0.29, 0.717) is 19.2 Å². The van der Waals surface area contributed by atoms with E-state index < -0.39 is 70.7 Å². The fourth-order valence-electron chi connectivity index (χ4n) is 7.39. The second kappa shape index (κ2) is 15.2. The highest BCUT2D eigenvalue weighted by atomic mass is 19.4. The quantitative estimate of drug-likeness (QED) is 0.163. The van der Waals surface area contributed by atoms with Gasteiger partial charge in [0.05, 0.1) is 30.7 Å². The number of aromatic nitrogens is 1. The van der Waals surface area contributed by atoms with E-state index in [2.05, 4.69) is 11.2 Å². The van der Waals surface area contributed by atoms with Crippen molar-refractivity contribution in [2.45, 2.75) is 83.8 Å². The molecule has 14 heteroatoms. The standard InChI is InChI=1S/C38H39F6N3O5/c1-6-22-12-28(40)35(36(41)34(22)33-20(4)10-24(39)11-21(33)5)29(15-32(49)50)45-37(51)30(9-19(2)3)47-16-23(27(14-31(47)48)38(42,43)44)7-8-46-17-26-13-25(46)18-52-26/h1,10-12,14,16,19,25-26,29-30H,7-9,13,15,17-18H2,2-5H3,(H,45,51)(H,49,50)/t25-,26-,29+,30+/m0/s1. The van der Waals surface area contributed by atoms with E-state index >= 15 is 8.78 Å². The van der Waals surface area contributed by atoms with Crippen LogP contribution in [0.15, 0.2) is 35.3 Å². The molecule has 0 unspecified atom stereocenters. The van der Waals surface area contributed by atoms with Crippen molar-refractivity contribution < 1.29 is 45.8 Å². The number of benzene rings is 2. The van der Waals surface area contributed by atoms with Gasteiger partial charge in [-0.3, -0.25) is 19.3 Å². The summed E-state index contributed by atoms with van der Waals surface area (Å²) < 4.78 is 95.6. The monoisotopic (exact) mass is 731 g/mol. The highest BCUT2D eigenvalue weighted by Crippen LogP contribution is 2.39. The Morgan fingerprint density at radius 2 is 1.77 bits per heavy atom. The first-order valence-electron chi connectivity index (χ1n) is 16.8. The molecule has 3 aromatic rings. The van der Waals surface area contributed by atoms with Gasteiger partial charge >= 0.3 is 12.1 Å². The zero-order valence-electron chi connectivity index (χ0n) is 29.0. The van der Waals surface area contributed by atoms with Crippen LogP contribution < -0.4 is 10.9 Å². The molecule has 2 saturated heterocycles. The third-order valence-corrected chi connectivity index (χ3v) is 9.68. The number of ether oxygens (including phenoxy) is 1. The third-order valence-electron chi connectivity index (χ3n) is 9.68. The number of fused-ring (bicyclic) bond motifs is 2. The average molecular weight is 732 g/mol. The van der Waals surface area contributed by atoms with Gasteiger partial charge in [-0.25, -0.2) is 13.2 Å². The molecule has 2 bridgehead atoms. The fraction of sp³-hybridized carbons (Fsp3) is 0.447. The molecular formula is C38H39F6N3O5. The first-order chi connectivity index (χ1) is 24.4. The zero-order valence-corrected chi connectivity index (χ0v) is 29.0. The van der Waals surface area contributed by atoms with E-state index in [1.54, 1.807) is 13.8 Å². The molecule has 1 aromatic heterocycles. The van der Waals surface area contributed by atoms with Gasteiger partial charge in [0.2, 0.25) is 5.91 Å². The Labute approximate surface area is 296 Å². The number of nitrogens with one attached hydrogen (secondary N) is 1. The minimum Gasteiger partial charge on any atom is -0.481 e. The fourth-order valence-corrected chi connectivity index (χ4v) is 7.39. The number of terminal acetylenes is 1. The Bertz CT molecular complexity index is 1960. The molecule has 8 nitrogen and oxygen atoms in total. The highest BCUT2D eigenvalue weighted by Gasteiger charge is 2.40. The van der Waals surface area contributed by atoms with Gasteiger partial charge in [-0.2, -0.15) is 13.2 Å². The Morgan fingerprint density at radius 1 is 1.10 bits per heavy atom. The van der Waals surface area contributed by atoms with Gasteiger partial charge in [0, 0.05) is 48.1 Å². The van der Waals surface area contributed by atoms with Crippen LogP contribution in [0.1, 0.15) is 78.6 Å². The number of pyridine rings is 1. The number of alkyl halides is 3. The number of carbonyl (C=O) groups excluding carboxylic acids is 1. The number of carboxylic acid groups (broad SMARTS) is 1. The number of amides is 1. The van der Waals surface area contributed by atoms with E-state index in [0.717, 1.165) is 35.4 Å². The number of carboxylic acids is 1. The number of likely N-dealkylation sites (tertiary alicyclic amines) is 1. The summed E-state index contributed by atoms with van der Waals surface area (Å²) in [6, 6.07) is 0.217. The molecule has 0 saturated carbocycles.